The molecule has 3 N–H and O–H groups in total. The molecule has 2 rings (SSSR count). The molecule has 6 heteroatoms. The molecule has 0 aliphatic carbocycles. The number of hydrogen-bond donors (Lipinski definition) is 2. The molecule has 0 radical (unpaired) electrons. The van der Waals surface area contributed by atoms with E-state index < -0.39 is 0 Å². The van der Waals surface area contributed by atoms with Gasteiger partial charge in [-0.05, 0) is 6.08 Å². The van der Waals surface area contributed by atoms with Crippen LogP contribution < -0.4 is 11.3 Å². The van der Waals surface area contributed by atoms with Crippen LogP contribution in [0.25, 0.3) is 0 Å². The fraction of sp³-hybridized carbons (Fsp3) is 0.429. The zero-order valence-corrected chi connectivity index (χ0v) is 7.75. The lowest BCUT2D eigenvalue weighted by molar-refractivity contribution is 0.215. The Balaban J connectivity index is 2.18. The van der Waals surface area contributed by atoms with Crippen molar-refractivity contribution in [3.8, 4) is 0 Å². The summed E-state index contributed by atoms with van der Waals surface area (Å²) in [7, 11) is 0. The van der Waals surface area contributed by atoms with Gasteiger partial charge < -0.3 is 4.74 Å². The summed E-state index contributed by atoms with van der Waals surface area (Å²) in [5.74, 6) is 6.25. The minimum atomic E-state index is -0.152. The quantitative estimate of drug-likeness (QED) is 0.541. The van der Waals surface area contributed by atoms with E-state index in [4.69, 9.17) is 10.6 Å². The molecule has 0 spiro atoms. The van der Waals surface area contributed by atoms with E-state index in [1.165, 1.54) is 0 Å². The molecule has 13 heavy (non-hydrogen) atoms. The molecular weight excluding hydrogens is 188 g/mol. The maximum atomic E-state index is 5.41. The summed E-state index contributed by atoms with van der Waals surface area (Å²) in [5, 5.41) is 0. The van der Waals surface area contributed by atoms with Gasteiger partial charge in [0.2, 0.25) is 0 Å². The Labute approximate surface area is 79.9 Å². The monoisotopic (exact) mass is 198 g/mol. The number of hydrazine groups is 1. The smallest absolute Gasteiger partial charge is 0.123 e. The van der Waals surface area contributed by atoms with Gasteiger partial charge in [-0.1, -0.05) is 0 Å². The van der Waals surface area contributed by atoms with Gasteiger partial charge in [0.05, 0.1) is 24.5 Å². The lowest BCUT2D eigenvalue weighted by atomic mass is 10.2. The van der Waals surface area contributed by atoms with Crippen LogP contribution in [0, 0.1) is 0 Å². The Kier molecular flexibility index (Phi) is 2.53. The van der Waals surface area contributed by atoms with Crippen molar-refractivity contribution in [3.05, 3.63) is 23.7 Å². The number of rotatable bonds is 3. The van der Waals surface area contributed by atoms with Crippen molar-refractivity contribution in [3.63, 3.8) is 0 Å². The van der Waals surface area contributed by atoms with Crippen LogP contribution in [0.3, 0.4) is 0 Å². The molecule has 5 nitrogen and oxygen atoms in total. The molecule has 1 unspecified atom stereocenters. The summed E-state index contributed by atoms with van der Waals surface area (Å²) < 4.78 is 13.4. The molecule has 0 saturated carbocycles. The highest BCUT2D eigenvalue weighted by molar-refractivity contribution is 6.99. The first-order valence-electron chi connectivity index (χ1n) is 3.98. The highest BCUT2D eigenvalue weighted by Gasteiger charge is 2.21. The van der Waals surface area contributed by atoms with E-state index in [0.29, 0.717) is 0 Å². The number of nitrogens with zero attached hydrogens (tertiary/aromatic N) is 2. The van der Waals surface area contributed by atoms with Crippen LogP contribution in [0.1, 0.15) is 18.2 Å². The van der Waals surface area contributed by atoms with Crippen molar-refractivity contribution in [2.24, 2.45) is 5.84 Å². The van der Waals surface area contributed by atoms with Crippen molar-refractivity contribution >= 4 is 11.7 Å². The van der Waals surface area contributed by atoms with Crippen LogP contribution in [0.5, 0.6) is 0 Å². The summed E-state index contributed by atoms with van der Waals surface area (Å²) in [6, 6.07) is -0.152. The Morgan fingerprint density at radius 1 is 1.69 bits per heavy atom. The Hall–Kier alpha value is -0.980. The summed E-state index contributed by atoms with van der Waals surface area (Å²) in [4.78, 5) is 0. The van der Waals surface area contributed by atoms with Gasteiger partial charge >= 0.3 is 0 Å². The van der Waals surface area contributed by atoms with Crippen LogP contribution in [0.15, 0.2) is 18.0 Å². The van der Waals surface area contributed by atoms with Crippen molar-refractivity contribution < 1.29 is 4.74 Å². The van der Waals surface area contributed by atoms with Gasteiger partial charge in [0, 0.05) is 6.42 Å². The van der Waals surface area contributed by atoms with E-state index in [0.717, 1.165) is 36.2 Å². The average molecular weight is 198 g/mol. The molecule has 2 heterocycles. The lowest BCUT2D eigenvalue weighted by Gasteiger charge is -2.13. The molecule has 0 bridgehead atoms. The first-order chi connectivity index (χ1) is 6.42. The van der Waals surface area contributed by atoms with E-state index in [2.05, 4.69) is 14.2 Å². The highest BCUT2D eigenvalue weighted by Crippen LogP contribution is 2.24. The summed E-state index contributed by atoms with van der Waals surface area (Å²) in [6.07, 6.45) is 4.65. The van der Waals surface area contributed by atoms with Gasteiger partial charge in [-0.2, -0.15) is 8.75 Å². The zero-order valence-electron chi connectivity index (χ0n) is 6.93. The van der Waals surface area contributed by atoms with Crippen LogP contribution >= 0.6 is 11.7 Å². The summed E-state index contributed by atoms with van der Waals surface area (Å²) >= 11 is 1.16. The third kappa shape index (κ3) is 1.69. The Bertz CT molecular complexity index is 297. The predicted octanol–water partition coefficient (Wildman–Crippen LogP) is 0.347. The number of nitrogens with one attached hydrogen (secondary N) is 1. The largest absolute Gasteiger partial charge is 0.496 e. The molecule has 1 atom stereocenters. The molecule has 1 aromatic rings. The number of aromatic nitrogens is 2. The van der Waals surface area contributed by atoms with Crippen molar-refractivity contribution in [1.29, 1.82) is 0 Å². The van der Waals surface area contributed by atoms with Gasteiger partial charge in [-0.15, -0.1) is 0 Å². The topological polar surface area (TPSA) is 73.1 Å². The molecular formula is C7H10N4OS. The molecule has 1 aliphatic rings. The van der Waals surface area contributed by atoms with E-state index in [1.54, 1.807) is 6.20 Å². The molecule has 1 aliphatic heterocycles. The van der Waals surface area contributed by atoms with Crippen molar-refractivity contribution in [2.75, 3.05) is 6.61 Å². The zero-order chi connectivity index (χ0) is 9.10. The van der Waals surface area contributed by atoms with Gasteiger partial charge in [-0.3, -0.25) is 5.84 Å². The summed E-state index contributed by atoms with van der Waals surface area (Å²) in [6.45, 7) is 0.727. The van der Waals surface area contributed by atoms with E-state index in [1.807, 2.05) is 6.08 Å². The predicted molar refractivity (Wildman–Crippen MR) is 48.6 cm³/mol. The first-order valence-corrected chi connectivity index (χ1v) is 4.71. The second-order valence-corrected chi connectivity index (χ2v) is 3.23. The highest BCUT2D eigenvalue weighted by atomic mass is 32.1. The van der Waals surface area contributed by atoms with Gasteiger partial charge in [-0.25, -0.2) is 5.43 Å². The minimum absolute atomic E-state index is 0.152. The van der Waals surface area contributed by atoms with Gasteiger partial charge in [0.1, 0.15) is 17.5 Å². The van der Waals surface area contributed by atoms with Crippen LogP contribution in [0.4, 0.5) is 0 Å². The van der Waals surface area contributed by atoms with Crippen LogP contribution in [0.2, 0.25) is 0 Å². The third-order valence-electron chi connectivity index (χ3n) is 1.86. The molecule has 70 valence electrons. The number of hydrogen-bond acceptors (Lipinski definition) is 6. The SMILES string of the molecule is NNC(C1=CCCO1)c1cnsn1. The molecule has 0 aromatic carbocycles. The lowest BCUT2D eigenvalue weighted by Crippen LogP contribution is -2.29. The van der Waals surface area contributed by atoms with E-state index in [9.17, 15) is 0 Å². The fourth-order valence-corrected chi connectivity index (χ4v) is 1.70. The fourth-order valence-electron chi connectivity index (χ4n) is 1.25. The van der Waals surface area contributed by atoms with Crippen LogP contribution in [-0.4, -0.2) is 15.4 Å². The maximum absolute atomic E-state index is 5.41. The molecule has 0 fully saturated rings. The second-order valence-electron chi connectivity index (χ2n) is 2.68. The van der Waals surface area contributed by atoms with Crippen molar-refractivity contribution in [1.82, 2.24) is 14.2 Å². The van der Waals surface area contributed by atoms with Crippen LogP contribution in [-0.2, 0) is 4.74 Å². The Morgan fingerprint density at radius 2 is 2.62 bits per heavy atom. The normalized spacial score (nSPS) is 18.1. The molecule has 0 amide bonds. The number of ether oxygens (including phenoxy) is 1. The van der Waals surface area contributed by atoms with Gasteiger partial charge in [0.15, 0.2) is 0 Å². The minimum Gasteiger partial charge on any atom is -0.496 e. The first kappa shape index (κ1) is 8.61. The third-order valence-corrected chi connectivity index (χ3v) is 2.35. The maximum Gasteiger partial charge on any atom is 0.123 e. The van der Waals surface area contributed by atoms with E-state index >= 15 is 0 Å². The van der Waals surface area contributed by atoms with E-state index in [-0.39, 0.29) is 6.04 Å². The van der Waals surface area contributed by atoms with Crippen molar-refractivity contribution in [2.45, 2.75) is 12.5 Å². The molecule has 0 saturated heterocycles. The standard InChI is InChI=1S/C7H10N4OS/c8-10-7(5-4-9-13-11-5)6-2-1-3-12-6/h2,4,7,10H,1,3,8H2. The Morgan fingerprint density at radius 3 is 3.15 bits per heavy atom. The molecule has 1 aromatic heterocycles. The average Bonchev–Trinajstić information content (AvgIpc) is 2.76. The van der Waals surface area contributed by atoms with Gasteiger partial charge in [0.25, 0.3) is 0 Å². The number of nitrogens with two attached hydrogens (primary N) is 1. The second kappa shape index (κ2) is 3.82. The summed E-state index contributed by atoms with van der Waals surface area (Å²) in [5.41, 5.74) is 3.46.